The van der Waals surface area contributed by atoms with Crippen molar-refractivity contribution in [3.63, 3.8) is 0 Å². The van der Waals surface area contributed by atoms with Crippen LogP contribution in [0.5, 0.6) is 5.75 Å². The first-order valence-corrected chi connectivity index (χ1v) is 8.61. The molecule has 1 fully saturated rings. The van der Waals surface area contributed by atoms with Crippen molar-refractivity contribution < 1.29 is 13.9 Å². The van der Waals surface area contributed by atoms with Crippen LogP contribution in [0.15, 0.2) is 42.5 Å². The molecule has 25 heavy (non-hydrogen) atoms. The summed E-state index contributed by atoms with van der Waals surface area (Å²) in [5.41, 5.74) is 2.53. The molecule has 2 aromatic rings. The predicted octanol–water partition coefficient (Wildman–Crippen LogP) is 3.65. The minimum Gasteiger partial charge on any atom is -0.489 e. The number of nitrogens with one attached hydrogen (secondary N) is 2. The molecule has 0 aromatic heterocycles. The van der Waals surface area contributed by atoms with Gasteiger partial charge in [-0.2, -0.15) is 0 Å². The number of aryl methyl sites for hydroxylation is 1. The fourth-order valence-electron chi connectivity index (χ4n) is 2.98. The summed E-state index contributed by atoms with van der Waals surface area (Å²) in [6.45, 7) is 4.03. The van der Waals surface area contributed by atoms with Crippen molar-refractivity contribution in [1.82, 2.24) is 5.32 Å². The number of benzene rings is 2. The topological polar surface area (TPSA) is 50.4 Å². The molecule has 4 nitrogen and oxygen atoms in total. The van der Waals surface area contributed by atoms with Crippen LogP contribution in [0.3, 0.4) is 0 Å². The van der Waals surface area contributed by atoms with Gasteiger partial charge in [0.15, 0.2) is 0 Å². The Labute approximate surface area is 147 Å². The van der Waals surface area contributed by atoms with Crippen molar-refractivity contribution >= 4 is 11.6 Å². The number of carbonyl (C=O) groups excluding carboxylic acids is 1. The zero-order chi connectivity index (χ0) is 17.6. The summed E-state index contributed by atoms with van der Waals surface area (Å²) in [7, 11) is 0. The number of piperidine rings is 1. The van der Waals surface area contributed by atoms with Crippen LogP contribution in [0.4, 0.5) is 10.1 Å². The van der Waals surface area contributed by atoms with Gasteiger partial charge in [0.1, 0.15) is 18.2 Å². The van der Waals surface area contributed by atoms with E-state index in [1.54, 1.807) is 6.07 Å². The molecule has 2 aromatic carbocycles. The van der Waals surface area contributed by atoms with E-state index in [0.717, 1.165) is 42.7 Å². The molecule has 0 bridgehead atoms. The molecular weight excluding hydrogens is 319 g/mol. The molecule has 1 aliphatic rings. The third-order valence-corrected chi connectivity index (χ3v) is 4.46. The fraction of sp³-hybridized carbons (Fsp3) is 0.350. The van der Waals surface area contributed by atoms with E-state index in [0.29, 0.717) is 12.4 Å². The van der Waals surface area contributed by atoms with Gasteiger partial charge in [0.2, 0.25) is 5.91 Å². The number of carbonyl (C=O) groups is 1. The van der Waals surface area contributed by atoms with Crippen molar-refractivity contribution in [3.8, 4) is 5.75 Å². The van der Waals surface area contributed by atoms with E-state index in [2.05, 4.69) is 10.6 Å². The lowest BCUT2D eigenvalue weighted by Gasteiger charge is -2.22. The van der Waals surface area contributed by atoms with Crippen molar-refractivity contribution in [2.24, 2.45) is 5.92 Å². The number of hydrogen-bond donors (Lipinski definition) is 2. The molecule has 0 unspecified atom stereocenters. The second-order valence-electron chi connectivity index (χ2n) is 6.41. The molecule has 0 aliphatic carbocycles. The zero-order valence-corrected chi connectivity index (χ0v) is 14.3. The minimum atomic E-state index is -0.270. The molecule has 1 amide bonds. The van der Waals surface area contributed by atoms with Gasteiger partial charge in [-0.3, -0.25) is 4.79 Å². The van der Waals surface area contributed by atoms with Crippen LogP contribution in [0.2, 0.25) is 0 Å². The van der Waals surface area contributed by atoms with Crippen molar-refractivity contribution in [1.29, 1.82) is 0 Å². The highest BCUT2D eigenvalue weighted by Crippen LogP contribution is 2.24. The standard InChI is InChI=1S/C20H23FN2O2/c1-14-11-18(25-13-15-3-2-4-17(21)12-15)5-6-19(14)23-20(24)16-7-9-22-10-8-16/h2-6,11-12,16,22H,7-10,13H2,1H3,(H,23,24). The van der Waals surface area contributed by atoms with Gasteiger partial charge >= 0.3 is 0 Å². The van der Waals surface area contributed by atoms with Crippen molar-refractivity contribution in [2.45, 2.75) is 26.4 Å². The maximum absolute atomic E-state index is 13.2. The van der Waals surface area contributed by atoms with E-state index in [1.807, 2.05) is 31.2 Å². The Morgan fingerprint density at radius 3 is 2.76 bits per heavy atom. The number of halogens is 1. The molecule has 0 saturated carbocycles. The normalized spacial score (nSPS) is 15.0. The monoisotopic (exact) mass is 342 g/mol. The zero-order valence-electron chi connectivity index (χ0n) is 14.3. The third-order valence-electron chi connectivity index (χ3n) is 4.46. The van der Waals surface area contributed by atoms with Crippen LogP contribution in [-0.2, 0) is 11.4 Å². The fourth-order valence-corrected chi connectivity index (χ4v) is 2.98. The molecule has 132 valence electrons. The Bertz CT molecular complexity index is 742. The molecular formula is C20H23FN2O2. The minimum absolute atomic E-state index is 0.0737. The first-order chi connectivity index (χ1) is 12.1. The summed E-state index contributed by atoms with van der Waals surface area (Å²) in [6, 6.07) is 11.9. The quantitative estimate of drug-likeness (QED) is 0.872. The van der Waals surface area contributed by atoms with Crippen LogP contribution in [0, 0.1) is 18.7 Å². The van der Waals surface area contributed by atoms with Crippen LogP contribution >= 0.6 is 0 Å². The second kappa shape index (κ2) is 8.12. The highest BCUT2D eigenvalue weighted by Gasteiger charge is 2.21. The molecule has 0 spiro atoms. The molecule has 1 aliphatic heterocycles. The molecule has 1 heterocycles. The molecule has 3 rings (SSSR count). The second-order valence-corrected chi connectivity index (χ2v) is 6.41. The Morgan fingerprint density at radius 1 is 1.24 bits per heavy atom. The van der Waals surface area contributed by atoms with Crippen molar-refractivity contribution in [2.75, 3.05) is 18.4 Å². The van der Waals surface area contributed by atoms with Gasteiger partial charge in [0.05, 0.1) is 0 Å². The predicted molar refractivity (Wildman–Crippen MR) is 96.1 cm³/mol. The average molecular weight is 342 g/mol. The van der Waals surface area contributed by atoms with Crippen molar-refractivity contribution in [3.05, 3.63) is 59.4 Å². The van der Waals surface area contributed by atoms with Crippen LogP contribution in [0.25, 0.3) is 0 Å². The maximum Gasteiger partial charge on any atom is 0.227 e. The van der Waals surface area contributed by atoms with Crippen LogP contribution in [-0.4, -0.2) is 19.0 Å². The summed E-state index contributed by atoms with van der Waals surface area (Å²) < 4.78 is 18.9. The molecule has 2 N–H and O–H groups in total. The summed E-state index contributed by atoms with van der Waals surface area (Å²) in [5, 5.41) is 6.28. The lowest BCUT2D eigenvalue weighted by Crippen LogP contribution is -2.34. The lowest BCUT2D eigenvalue weighted by atomic mass is 9.97. The SMILES string of the molecule is Cc1cc(OCc2cccc(F)c2)ccc1NC(=O)C1CCNCC1. The Hall–Kier alpha value is -2.40. The number of hydrogen-bond acceptors (Lipinski definition) is 3. The highest BCUT2D eigenvalue weighted by atomic mass is 19.1. The van der Waals surface area contributed by atoms with Crippen LogP contribution in [0.1, 0.15) is 24.0 Å². The van der Waals surface area contributed by atoms with E-state index in [1.165, 1.54) is 12.1 Å². The number of rotatable bonds is 5. The van der Waals surface area contributed by atoms with Gasteiger partial charge in [-0.25, -0.2) is 4.39 Å². The highest BCUT2D eigenvalue weighted by molar-refractivity contribution is 5.93. The van der Waals surface area contributed by atoms with E-state index < -0.39 is 0 Å². The molecule has 5 heteroatoms. The van der Waals surface area contributed by atoms with Gasteiger partial charge < -0.3 is 15.4 Å². The molecule has 0 atom stereocenters. The average Bonchev–Trinajstić information content (AvgIpc) is 2.63. The molecule has 1 saturated heterocycles. The Kier molecular flexibility index (Phi) is 5.66. The summed E-state index contributed by atoms with van der Waals surface area (Å²) in [5.74, 6) is 0.581. The lowest BCUT2D eigenvalue weighted by molar-refractivity contribution is -0.120. The number of amides is 1. The first-order valence-electron chi connectivity index (χ1n) is 8.61. The van der Waals surface area contributed by atoms with Gasteiger partial charge in [-0.1, -0.05) is 12.1 Å². The van der Waals surface area contributed by atoms with E-state index in [-0.39, 0.29) is 17.6 Å². The van der Waals surface area contributed by atoms with E-state index in [9.17, 15) is 9.18 Å². The Morgan fingerprint density at radius 2 is 2.04 bits per heavy atom. The van der Waals surface area contributed by atoms with Gasteiger partial charge in [-0.15, -0.1) is 0 Å². The Balaban J connectivity index is 1.59. The van der Waals surface area contributed by atoms with Crippen LogP contribution < -0.4 is 15.4 Å². The summed E-state index contributed by atoms with van der Waals surface area (Å²) in [6.07, 6.45) is 1.75. The number of ether oxygens (including phenoxy) is 1. The maximum atomic E-state index is 13.2. The number of anilines is 1. The third kappa shape index (κ3) is 4.79. The first kappa shape index (κ1) is 17.4. The largest absolute Gasteiger partial charge is 0.489 e. The molecule has 0 radical (unpaired) electrons. The summed E-state index contributed by atoms with van der Waals surface area (Å²) in [4.78, 5) is 12.3. The van der Waals surface area contributed by atoms with Gasteiger partial charge in [0, 0.05) is 11.6 Å². The smallest absolute Gasteiger partial charge is 0.227 e. The van der Waals surface area contributed by atoms with Gasteiger partial charge in [0.25, 0.3) is 0 Å². The summed E-state index contributed by atoms with van der Waals surface area (Å²) >= 11 is 0. The van der Waals surface area contributed by atoms with Gasteiger partial charge in [-0.05, 0) is 74.3 Å². The van der Waals surface area contributed by atoms with E-state index >= 15 is 0 Å². The van der Waals surface area contributed by atoms with E-state index in [4.69, 9.17) is 4.74 Å².